The third-order valence-corrected chi connectivity index (χ3v) is 4.25. The van der Waals surface area contributed by atoms with E-state index < -0.39 is 0 Å². The van der Waals surface area contributed by atoms with Crippen molar-refractivity contribution in [2.75, 3.05) is 39.3 Å². The van der Waals surface area contributed by atoms with Crippen molar-refractivity contribution >= 4 is 35.8 Å². The minimum absolute atomic E-state index is 0. The summed E-state index contributed by atoms with van der Waals surface area (Å²) in [5.41, 5.74) is 0. The fourth-order valence-electron chi connectivity index (χ4n) is 2.88. The number of aliphatic imine (C=N–C) groups is 1. The molecule has 1 fully saturated rings. The first-order chi connectivity index (χ1) is 12.8. The lowest BCUT2D eigenvalue weighted by atomic mass is 10.3. The third kappa shape index (κ3) is 9.83. The minimum atomic E-state index is 0. The van der Waals surface area contributed by atoms with Crippen LogP contribution < -0.4 is 15.4 Å². The molecule has 1 aliphatic heterocycles. The molecule has 2 rings (SSSR count). The molecule has 1 saturated heterocycles. The molecular formula is C20H33IN4O2. The fourth-order valence-corrected chi connectivity index (χ4v) is 2.88. The number of para-hydroxylation sites is 1. The van der Waals surface area contributed by atoms with E-state index in [0.29, 0.717) is 6.42 Å². The molecular weight excluding hydrogens is 455 g/mol. The average Bonchev–Trinajstić information content (AvgIpc) is 3.07. The molecule has 0 bridgehead atoms. The van der Waals surface area contributed by atoms with Gasteiger partial charge >= 0.3 is 0 Å². The van der Waals surface area contributed by atoms with Crippen LogP contribution in [0.1, 0.15) is 39.0 Å². The first-order valence-corrected chi connectivity index (χ1v) is 9.77. The molecule has 2 N–H and O–H groups in total. The molecule has 0 atom stereocenters. The lowest BCUT2D eigenvalue weighted by molar-refractivity contribution is -0.127. The highest BCUT2D eigenvalue weighted by atomic mass is 127. The maximum absolute atomic E-state index is 11.6. The molecule has 0 saturated carbocycles. The van der Waals surface area contributed by atoms with E-state index in [-0.39, 0.29) is 29.9 Å². The number of carbonyl (C=O) groups excluding carboxylic acids is 1. The van der Waals surface area contributed by atoms with Gasteiger partial charge in [0, 0.05) is 39.1 Å². The molecule has 0 aromatic heterocycles. The van der Waals surface area contributed by atoms with E-state index in [9.17, 15) is 4.79 Å². The van der Waals surface area contributed by atoms with Crippen LogP contribution in [0.3, 0.4) is 0 Å². The van der Waals surface area contributed by atoms with Gasteiger partial charge in [0.15, 0.2) is 5.96 Å². The maximum Gasteiger partial charge on any atom is 0.222 e. The number of rotatable bonds is 11. The molecule has 6 nitrogen and oxygen atoms in total. The zero-order valence-corrected chi connectivity index (χ0v) is 18.6. The Balaban J connectivity index is 0.00000364. The third-order valence-electron chi connectivity index (χ3n) is 4.25. The van der Waals surface area contributed by atoms with E-state index >= 15 is 0 Å². The number of amides is 1. The Bertz CT molecular complexity index is 554. The van der Waals surface area contributed by atoms with Crippen LogP contribution in [0.25, 0.3) is 0 Å². The van der Waals surface area contributed by atoms with E-state index in [2.05, 4.69) is 22.5 Å². The SMILES string of the molecule is CCNC(=NCCCN1CCCC1=O)NCCCCOc1ccccc1.I. The van der Waals surface area contributed by atoms with Crippen LogP contribution >= 0.6 is 24.0 Å². The fraction of sp³-hybridized carbons (Fsp3) is 0.600. The minimum Gasteiger partial charge on any atom is -0.494 e. The van der Waals surface area contributed by atoms with E-state index in [1.165, 1.54) is 0 Å². The molecule has 1 amide bonds. The van der Waals surface area contributed by atoms with Gasteiger partial charge in [-0.25, -0.2) is 0 Å². The van der Waals surface area contributed by atoms with Gasteiger partial charge in [-0.3, -0.25) is 9.79 Å². The molecule has 0 spiro atoms. The lowest BCUT2D eigenvalue weighted by Gasteiger charge is -2.15. The Labute approximate surface area is 180 Å². The summed E-state index contributed by atoms with van der Waals surface area (Å²) in [5, 5.41) is 6.62. The van der Waals surface area contributed by atoms with Gasteiger partial charge in [0.1, 0.15) is 5.75 Å². The molecule has 0 aliphatic carbocycles. The first-order valence-electron chi connectivity index (χ1n) is 9.77. The number of benzene rings is 1. The number of nitrogens with zero attached hydrogens (tertiary/aromatic N) is 2. The second-order valence-electron chi connectivity index (χ2n) is 6.39. The highest BCUT2D eigenvalue weighted by Gasteiger charge is 2.18. The summed E-state index contributed by atoms with van der Waals surface area (Å²) < 4.78 is 5.69. The normalized spacial score (nSPS) is 14.0. The van der Waals surface area contributed by atoms with Crippen molar-refractivity contribution < 1.29 is 9.53 Å². The average molecular weight is 488 g/mol. The predicted octanol–water partition coefficient (Wildman–Crippen LogP) is 3.03. The van der Waals surface area contributed by atoms with Crippen LogP contribution in [-0.2, 0) is 4.79 Å². The largest absolute Gasteiger partial charge is 0.494 e. The van der Waals surface area contributed by atoms with Gasteiger partial charge in [-0.2, -0.15) is 0 Å². The number of hydrogen-bond donors (Lipinski definition) is 2. The van der Waals surface area contributed by atoms with Crippen molar-refractivity contribution in [1.29, 1.82) is 0 Å². The van der Waals surface area contributed by atoms with Crippen molar-refractivity contribution in [2.24, 2.45) is 4.99 Å². The number of ether oxygens (including phenoxy) is 1. The smallest absolute Gasteiger partial charge is 0.222 e. The number of likely N-dealkylation sites (tertiary alicyclic amines) is 1. The molecule has 0 radical (unpaired) electrons. The van der Waals surface area contributed by atoms with E-state index in [1.54, 1.807) is 0 Å². The Morgan fingerprint density at radius 1 is 1.19 bits per heavy atom. The number of unbranched alkanes of at least 4 members (excludes halogenated alkanes) is 1. The molecule has 1 aromatic carbocycles. The van der Waals surface area contributed by atoms with E-state index in [1.807, 2.05) is 35.2 Å². The summed E-state index contributed by atoms with van der Waals surface area (Å²) in [5.74, 6) is 2.06. The zero-order valence-electron chi connectivity index (χ0n) is 16.3. The summed E-state index contributed by atoms with van der Waals surface area (Å²) in [6.07, 6.45) is 4.65. The Hall–Kier alpha value is -1.51. The predicted molar refractivity (Wildman–Crippen MR) is 121 cm³/mol. The molecule has 1 aliphatic rings. The summed E-state index contributed by atoms with van der Waals surface area (Å²) in [6.45, 7) is 6.96. The second-order valence-corrected chi connectivity index (χ2v) is 6.39. The maximum atomic E-state index is 11.6. The van der Waals surface area contributed by atoms with E-state index in [4.69, 9.17) is 4.74 Å². The standard InChI is InChI=1S/C20H32N4O2.HI/c1-2-21-20(23-14-9-16-24-15-8-12-19(24)25)22-13-6-7-17-26-18-10-4-3-5-11-18;/h3-5,10-11H,2,6-9,12-17H2,1H3,(H2,21,22,23);1H. The summed E-state index contributed by atoms with van der Waals surface area (Å²) in [7, 11) is 0. The first kappa shape index (κ1) is 23.5. The summed E-state index contributed by atoms with van der Waals surface area (Å²) in [6, 6.07) is 9.90. The topological polar surface area (TPSA) is 66.0 Å². The summed E-state index contributed by atoms with van der Waals surface area (Å²) >= 11 is 0. The quantitative estimate of drug-likeness (QED) is 0.218. The number of guanidine groups is 1. The van der Waals surface area contributed by atoms with Crippen molar-refractivity contribution in [3.63, 3.8) is 0 Å². The van der Waals surface area contributed by atoms with Crippen molar-refractivity contribution in [3.8, 4) is 5.75 Å². The Kier molecular flexibility index (Phi) is 12.7. The van der Waals surface area contributed by atoms with Crippen LogP contribution in [0.5, 0.6) is 5.75 Å². The van der Waals surface area contributed by atoms with Crippen LogP contribution in [-0.4, -0.2) is 56.1 Å². The van der Waals surface area contributed by atoms with Crippen LogP contribution in [0.15, 0.2) is 35.3 Å². The van der Waals surface area contributed by atoms with Gasteiger partial charge < -0.3 is 20.3 Å². The highest BCUT2D eigenvalue weighted by Crippen LogP contribution is 2.10. The van der Waals surface area contributed by atoms with Crippen LogP contribution in [0.2, 0.25) is 0 Å². The number of carbonyl (C=O) groups is 1. The molecule has 7 heteroatoms. The molecule has 1 aromatic rings. The van der Waals surface area contributed by atoms with Gasteiger partial charge in [0.05, 0.1) is 6.61 Å². The second kappa shape index (κ2) is 14.5. The van der Waals surface area contributed by atoms with Gasteiger partial charge in [0.25, 0.3) is 0 Å². The van der Waals surface area contributed by atoms with Crippen LogP contribution in [0.4, 0.5) is 0 Å². The number of nitrogens with one attached hydrogen (secondary N) is 2. The molecule has 0 unspecified atom stereocenters. The Morgan fingerprint density at radius 2 is 2.00 bits per heavy atom. The lowest BCUT2D eigenvalue weighted by Crippen LogP contribution is -2.38. The van der Waals surface area contributed by atoms with Crippen molar-refractivity contribution in [1.82, 2.24) is 15.5 Å². The van der Waals surface area contributed by atoms with Gasteiger partial charge in [-0.05, 0) is 44.7 Å². The highest BCUT2D eigenvalue weighted by molar-refractivity contribution is 14.0. The van der Waals surface area contributed by atoms with Crippen molar-refractivity contribution in [2.45, 2.75) is 39.0 Å². The molecule has 152 valence electrons. The van der Waals surface area contributed by atoms with Crippen LogP contribution in [0, 0.1) is 0 Å². The van der Waals surface area contributed by atoms with Gasteiger partial charge in [-0.1, -0.05) is 18.2 Å². The van der Waals surface area contributed by atoms with Crippen molar-refractivity contribution in [3.05, 3.63) is 30.3 Å². The van der Waals surface area contributed by atoms with E-state index in [0.717, 1.165) is 76.7 Å². The van der Waals surface area contributed by atoms with Gasteiger partial charge in [0.2, 0.25) is 5.91 Å². The molecule has 27 heavy (non-hydrogen) atoms. The van der Waals surface area contributed by atoms with Gasteiger partial charge in [-0.15, -0.1) is 24.0 Å². The zero-order chi connectivity index (χ0) is 18.5. The summed E-state index contributed by atoms with van der Waals surface area (Å²) in [4.78, 5) is 18.1. The monoisotopic (exact) mass is 488 g/mol. The number of halogens is 1. The molecule has 1 heterocycles. The number of hydrogen-bond acceptors (Lipinski definition) is 3. The Morgan fingerprint density at radius 3 is 2.70 bits per heavy atom.